The second kappa shape index (κ2) is 6.73. The Morgan fingerprint density at radius 1 is 1.33 bits per heavy atom. The standard InChI is InChI=1S/C18H17BrN6O2/c1-9-10(2)25(17(27)13-4-3-12(19)5-14(9)13)8-15(26)22-18-20-6-11-7-21-24-16(11)23-18/h3-7,9-10H,8H2,1-2H3,(H2,20,21,22,23,24,26)/t9-,10+/m0/s1. The number of halogens is 1. The zero-order chi connectivity index (χ0) is 19.1. The predicted octanol–water partition coefficient (Wildman–Crippen LogP) is 2.70. The van der Waals surface area contributed by atoms with Gasteiger partial charge in [-0.25, -0.2) is 4.98 Å². The summed E-state index contributed by atoms with van der Waals surface area (Å²) in [6.07, 6.45) is 3.18. The second-order valence-electron chi connectivity index (χ2n) is 6.61. The lowest BCUT2D eigenvalue weighted by atomic mass is 9.85. The molecule has 0 saturated carbocycles. The van der Waals surface area contributed by atoms with Crippen molar-refractivity contribution in [3.8, 4) is 0 Å². The molecule has 3 heterocycles. The molecule has 0 unspecified atom stereocenters. The van der Waals surface area contributed by atoms with E-state index in [9.17, 15) is 9.59 Å². The number of fused-ring (bicyclic) bond motifs is 2. The van der Waals surface area contributed by atoms with Crippen molar-refractivity contribution < 1.29 is 9.59 Å². The van der Waals surface area contributed by atoms with E-state index in [1.165, 1.54) is 0 Å². The summed E-state index contributed by atoms with van der Waals surface area (Å²) in [6.45, 7) is 3.94. The Bertz CT molecular complexity index is 1050. The number of aromatic nitrogens is 4. The third-order valence-corrected chi connectivity index (χ3v) is 5.46. The van der Waals surface area contributed by atoms with Gasteiger partial charge in [-0.05, 0) is 30.7 Å². The number of hydrogen-bond donors (Lipinski definition) is 2. The van der Waals surface area contributed by atoms with E-state index in [1.807, 2.05) is 19.1 Å². The molecular weight excluding hydrogens is 412 g/mol. The maximum Gasteiger partial charge on any atom is 0.254 e. The molecule has 1 aliphatic rings. The van der Waals surface area contributed by atoms with Crippen molar-refractivity contribution in [3.63, 3.8) is 0 Å². The van der Waals surface area contributed by atoms with Crippen molar-refractivity contribution in [2.24, 2.45) is 0 Å². The van der Waals surface area contributed by atoms with E-state index in [4.69, 9.17) is 0 Å². The van der Waals surface area contributed by atoms with Crippen molar-refractivity contribution >= 4 is 44.7 Å². The van der Waals surface area contributed by atoms with Gasteiger partial charge in [-0.15, -0.1) is 0 Å². The molecule has 2 amide bonds. The number of H-pyrrole nitrogens is 1. The summed E-state index contributed by atoms with van der Waals surface area (Å²) in [4.78, 5) is 35.3. The molecule has 2 N–H and O–H groups in total. The Balaban J connectivity index is 1.53. The lowest BCUT2D eigenvalue weighted by Crippen LogP contribution is -2.49. The van der Waals surface area contributed by atoms with Crippen LogP contribution >= 0.6 is 15.9 Å². The van der Waals surface area contributed by atoms with Gasteiger partial charge in [-0.2, -0.15) is 10.1 Å². The molecule has 9 heteroatoms. The molecule has 1 aliphatic heterocycles. The fourth-order valence-corrected chi connectivity index (χ4v) is 3.69. The second-order valence-corrected chi connectivity index (χ2v) is 7.53. The van der Waals surface area contributed by atoms with Crippen LogP contribution in [0.15, 0.2) is 35.1 Å². The minimum Gasteiger partial charge on any atom is -0.326 e. The van der Waals surface area contributed by atoms with E-state index in [2.05, 4.69) is 48.3 Å². The first-order valence-corrected chi connectivity index (χ1v) is 9.29. The number of carbonyl (C=O) groups excluding carboxylic acids is 2. The van der Waals surface area contributed by atoms with E-state index >= 15 is 0 Å². The summed E-state index contributed by atoms with van der Waals surface area (Å²) in [5.41, 5.74) is 2.16. The van der Waals surface area contributed by atoms with Gasteiger partial charge in [0.05, 0.1) is 11.6 Å². The highest BCUT2D eigenvalue weighted by molar-refractivity contribution is 9.10. The molecule has 8 nitrogen and oxygen atoms in total. The molecular formula is C18H17BrN6O2. The van der Waals surface area contributed by atoms with Gasteiger partial charge >= 0.3 is 0 Å². The van der Waals surface area contributed by atoms with Crippen LogP contribution in [0.25, 0.3) is 11.0 Å². The van der Waals surface area contributed by atoms with Gasteiger partial charge in [0.15, 0.2) is 5.65 Å². The molecule has 0 saturated heterocycles. The molecule has 138 valence electrons. The predicted molar refractivity (Wildman–Crippen MR) is 103 cm³/mol. The van der Waals surface area contributed by atoms with Crippen LogP contribution in [0.4, 0.5) is 5.95 Å². The first-order valence-electron chi connectivity index (χ1n) is 8.50. The minimum absolute atomic E-state index is 0.0653. The number of amides is 2. The molecule has 3 aromatic rings. The SMILES string of the molecule is C[C@@H]1c2cc(Br)ccc2C(=O)N(CC(=O)Nc2ncc3cn[nH]c3n2)[C@@H]1C. The Morgan fingerprint density at radius 2 is 2.15 bits per heavy atom. The van der Waals surface area contributed by atoms with Crippen LogP contribution in [0.3, 0.4) is 0 Å². The summed E-state index contributed by atoms with van der Waals surface area (Å²) >= 11 is 3.45. The normalized spacial score (nSPS) is 19.2. The van der Waals surface area contributed by atoms with Crippen molar-refractivity contribution in [3.05, 3.63) is 46.2 Å². The number of hydrogen-bond acceptors (Lipinski definition) is 5. The topological polar surface area (TPSA) is 104 Å². The number of benzene rings is 1. The maximum absolute atomic E-state index is 12.9. The van der Waals surface area contributed by atoms with Gasteiger partial charge in [0.25, 0.3) is 5.91 Å². The number of carbonyl (C=O) groups is 2. The third-order valence-electron chi connectivity index (χ3n) is 4.97. The minimum atomic E-state index is -0.346. The molecule has 0 radical (unpaired) electrons. The maximum atomic E-state index is 12.9. The molecule has 2 atom stereocenters. The lowest BCUT2D eigenvalue weighted by Gasteiger charge is -2.38. The summed E-state index contributed by atoms with van der Waals surface area (Å²) < 4.78 is 0.936. The van der Waals surface area contributed by atoms with Crippen molar-refractivity contribution in [1.82, 2.24) is 25.1 Å². The van der Waals surface area contributed by atoms with Crippen LogP contribution < -0.4 is 5.32 Å². The fourth-order valence-electron chi connectivity index (χ4n) is 3.31. The quantitative estimate of drug-likeness (QED) is 0.667. The van der Waals surface area contributed by atoms with Gasteiger partial charge in [-0.1, -0.05) is 22.9 Å². The number of rotatable bonds is 3. The molecule has 27 heavy (non-hydrogen) atoms. The van der Waals surface area contributed by atoms with Gasteiger partial charge in [0, 0.05) is 28.2 Å². The van der Waals surface area contributed by atoms with Crippen LogP contribution in [0, 0.1) is 0 Å². The van der Waals surface area contributed by atoms with E-state index in [1.54, 1.807) is 23.4 Å². The largest absolute Gasteiger partial charge is 0.326 e. The zero-order valence-electron chi connectivity index (χ0n) is 14.7. The Labute approximate surface area is 163 Å². The molecule has 0 spiro atoms. The van der Waals surface area contributed by atoms with Crippen molar-refractivity contribution in [2.45, 2.75) is 25.8 Å². The molecule has 2 aromatic heterocycles. The van der Waals surface area contributed by atoms with Crippen LogP contribution in [0.5, 0.6) is 0 Å². The van der Waals surface area contributed by atoms with Gasteiger partial charge in [0.2, 0.25) is 11.9 Å². The molecule has 4 rings (SSSR count). The van der Waals surface area contributed by atoms with Crippen LogP contribution in [0.1, 0.15) is 35.7 Å². The lowest BCUT2D eigenvalue weighted by molar-refractivity contribution is -0.117. The van der Waals surface area contributed by atoms with E-state index in [0.717, 1.165) is 15.4 Å². The van der Waals surface area contributed by atoms with E-state index in [-0.39, 0.29) is 36.3 Å². The summed E-state index contributed by atoms with van der Waals surface area (Å²) in [6, 6.07) is 5.50. The summed E-state index contributed by atoms with van der Waals surface area (Å²) in [5, 5.41) is 10.0. The molecule has 0 bridgehead atoms. The summed E-state index contributed by atoms with van der Waals surface area (Å²) in [5.74, 6) is -0.211. The zero-order valence-corrected chi connectivity index (χ0v) is 16.3. The highest BCUT2D eigenvalue weighted by atomic mass is 79.9. The average molecular weight is 429 g/mol. The van der Waals surface area contributed by atoms with Crippen LogP contribution in [0.2, 0.25) is 0 Å². The third kappa shape index (κ3) is 3.18. The van der Waals surface area contributed by atoms with Crippen LogP contribution in [-0.2, 0) is 4.79 Å². The Kier molecular flexibility index (Phi) is 4.39. The fraction of sp³-hybridized carbons (Fsp3) is 0.278. The van der Waals surface area contributed by atoms with Crippen molar-refractivity contribution in [1.29, 1.82) is 0 Å². The summed E-state index contributed by atoms with van der Waals surface area (Å²) in [7, 11) is 0. The van der Waals surface area contributed by atoms with Crippen LogP contribution in [-0.4, -0.2) is 49.5 Å². The first kappa shape index (κ1) is 17.6. The Morgan fingerprint density at radius 3 is 2.96 bits per heavy atom. The smallest absolute Gasteiger partial charge is 0.254 e. The molecule has 0 fully saturated rings. The number of nitrogens with zero attached hydrogens (tertiary/aromatic N) is 4. The van der Waals surface area contributed by atoms with Gasteiger partial charge < -0.3 is 4.90 Å². The monoisotopic (exact) mass is 428 g/mol. The highest BCUT2D eigenvalue weighted by Gasteiger charge is 2.35. The van der Waals surface area contributed by atoms with Gasteiger partial charge in [-0.3, -0.25) is 20.0 Å². The average Bonchev–Trinajstić information content (AvgIpc) is 3.11. The molecule has 0 aliphatic carbocycles. The van der Waals surface area contributed by atoms with E-state index < -0.39 is 0 Å². The number of anilines is 1. The van der Waals surface area contributed by atoms with Gasteiger partial charge in [0.1, 0.15) is 6.54 Å². The van der Waals surface area contributed by atoms with E-state index in [0.29, 0.717) is 11.2 Å². The van der Waals surface area contributed by atoms with Crippen molar-refractivity contribution in [2.75, 3.05) is 11.9 Å². The first-order chi connectivity index (χ1) is 12.9. The Hall–Kier alpha value is -2.81. The molecule has 1 aromatic carbocycles. The number of nitrogens with one attached hydrogen (secondary N) is 2. The number of aromatic amines is 1. The highest BCUT2D eigenvalue weighted by Crippen LogP contribution is 2.34.